The molecule has 0 bridgehead atoms. The SMILES string of the molecule is CSC1CCC(Nc2ccc(N)c(OC(C)C)c2)C1. The van der Waals surface area contributed by atoms with E-state index in [2.05, 4.69) is 11.6 Å². The number of thioether (sulfide) groups is 1. The highest BCUT2D eigenvalue weighted by molar-refractivity contribution is 7.99. The van der Waals surface area contributed by atoms with Gasteiger partial charge in [0.15, 0.2) is 0 Å². The Labute approximate surface area is 120 Å². The number of ether oxygens (including phenoxy) is 1. The molecular formula is C15H24N2OS. The van der Waals surface area contributed by atoms with E-state index in [1.54, 1.807) is 0 Å². The number of hydrogen-bond donors (Lipinski definition) is 2. The molecule has 1 aliphatic rings. The zero-order valence-corrected chi connectivity index (χ0v) is 12.8. The van der Waals surface area contributed by atoms with Crippen LogP contribution in [0.4, 0.5) is 11.4 Å². The molecule has 0 aliphatic heterocycles. The molecule has 0 spiro atoms. The van der Waals surface area contributed by atoms with Gasteiger partial charge in [-0.25, -0.2) is 0 Å². The highest BCUT2D eigenvalue weighted by Gasteiger charge is 2.23. The van der Waals surface area contributed by atoms with Crippen LogP contribution in [0.3, 0.4) is 0 Å². The van der Waals surface area contributed by atoms with Gasteiger partial charge in [0.2, 0.25) is 0 Å². The zero-order chi connectivity index (χ0) is 13.8. The minimum absolute atomic E-state index is 0.143. The minimum atomic E-state index is 0.143. The highest BCUT2D eigenvalue weighted by atomic mass is 32.2. The van der Waals surface area contributed by atoms with E-state index in [0.717, 1.165) is 16.7 Å². The van der Waals surface area contributed by atoms with E-state index in [0.29, 0.717) is 11.7 Å². The van der Waals surface area contributed by atoms with Crippen LogP contribution in [-0.2, 0) is 0 Å². The predicted octanol–water partition coefficient (Wildman–Crippen LogP) is 3.75. The lowest BCUT2D eigenvalue weighted by Gasteiger charge is -2.17. The van der Waals surface area contributed by atoms with Crippen molar-refractivity contribution in [1.29, 1.82) is 0 Å². The molecular weight excluding hydrogens is 256 g/mol. The largest absolute Gasteiger partial charge is 0.489 e. The van der Waals surface area contributed by atoms with E-state index in [1.807, 2.05) is 43.8 Å². The summed E-state index contributed by atoms with van der Waals surface area (Å²) in [5.41, 5.74) is 7.74. The Kier molecular flexibility index (Phi) is 4.86. The maximum absolute atomic E-state index is 5.93. The van der Waals surface area contributed by atoms with Crippen LogP contribution in [-0.4, -0.2) is 23.7 Å². The molecule has 0 saturated heterocycles. The second-order valence-corrected chi connectivity index (χ2v) is 6.57. The molecule has 2 unspecified atom stereocenters. The first-order valence-electron chi connectivity index (χ1n) is 6.94. The second kappa shape index (κ2) is 6.42. The molecule has 1 fully saturated rings. The van der Waals surface area contributed by atoms with Crippen LogP contribution in [0.5, 0.6) is 5.75 Å². The van der Waals surface area contributed by atoms with Crippen LogP contribution in [0.25, 0.3) is 0 Å². The fraction of sp³-hybridized carbons (Fsp3) is 0.600. The van der Waals surface area contributed by atoms with Crippen LogP contribution < -0.4 is 15.8 Å². The summed E-state index contributed by atoms with van der Waals surface area (Å²) in [4.78, 5) is 0. The number of hydrogen-bond acceptors (Lipinski definition) is 4. The van der Waals surface area contributed by atoms with Gasteiger partial charge in [-0.05, 0) is 51.5 Å². The first-order valence-corrected chi connectivity index (χ1v) is 8.22. The number of nitrogens with one attached hydrogen (secondary N) is 1. The van der Waals surface area contributed by atoms with Gasteiger partial charge in [-0.1, -0.05) is 0 Å². The standard InChI is InChI=1S/C15H24N2OS/c1-10(2)18-15-9-12(5-7-14(15)16)17-11-4-6-13(8-11)19-3/h5,7,9-11,13,17H,4,6,8,16H2,1-3H3. The molecule has 2 rings (SSSR count). The van der Waals surface area contributed by atoms with Crippen molar-refractivity contribution in [3.63, 3.8) is 0 Å². The lowest BCUT2D eigenvalue weighted by atomic mass is 10.2. The van der Waals surface area contributed by atoms with E-state index in [4.69, 9.17) is 10.5 Å². The number of rotatable bonds is 5. The molecule has 106 valence electrons. The second-order valence-electron chi connectivity index (χ2n) is 5.43. The van der Waals surface area contributed by atoms with Gasteiger partial charge >= 0.3 is 0 Å². The van der Waals surface area contributed by atoms with Crippen LogP contribution in [0.15, 0.2) is 18.2 Å². The average molecular weight is 280 g/mol. The summed E-state index contributed by atoms with van der Waals surface area (Å²) < 4.78 is 5.72. The van der Waals surface area contributed by atoms with E-state index >= 15 is 0 Å². The van der Waals surface area contributed by atoms with E-state index in [9.17, 15) is 0 Å². The summed E-state index contributed by atoms with van der Waals surface area (Å²) in [5, 5.41) is 4.40. The fourth-order valence-corrected chi connectivity index (χ4v) is 3.30. The Morgan fingerprint density at radius 3 is 2.79 bits per heavy atom. The molecule has 0 heterocycles. The third-order valence-electron chi connectivity index (χ3n) is 3.46. The maximum Gasteiger partial charge on any atom is 0.144 e. The summed E-state index contributed by atoms with van der Waals surface area (Å²) >= 11 is 1.98. The van der Waals surface area contributed by atoms with E-state index in [1.165, 1.54) is 19.3 Å². The van der Waals surface area contributed by atoms with E-state index < -0.39 is 0 Å². The first-order chi connectivity index (χ1) is 9.08. The molecule has 0 amide bonds. The Bertz CT molecular complexity index is 423. The predicted molar refractivity (Wildman–Crippen MR) is 85.2 cm³/mol. The van der Waals surface area contributed by atoms with Crippen LogP contribution in [0, 0.1) is 0 Å². The quantitative estimate of drug-likeness (QED) is 0.806. The van der Waals surface area contributed by atoms with Crippen molar-refractivity contribution < 1.29 is 4.74 Å². The minimum Gasteiger partial charge on any atom is -0.489 e. The van der Waals surface area contributed by atoms with Gasteiger partial charge in [0, 0.05) is 23.0 Å². The van der Waals surface area contributed by atoms with Crippen molar-refractivity contribution in [3.8, 4) is 5.75 Å². The van der Waals surface area contributed by atoms with Gasteiger partial charge < -0.3 is 15.8 Å². The molecule has 3 nitrogen and oxygen atoms in total. The van der Waals surface area contributed by atoms with Crippen molar-refractivity contribution in [2.45, 2.75) is 50.5 Å². The van der Waals surface area contributed by atoms with Crippen LogP contribution in [0.2, 0.25) is 0 Å². The third-order valence-corrected chi connectivity index (χ3v) is 4.56. The van der Waals surface area contributed by atoms with Crippen molar-refractivity contribution in [2.24, 2.45) is 0 Å². The summed E-state index contributed by atoms with van der Waals surface area (Å²) in [7, 11) is 0. The summed E-state index contributed by atoms with van der Waals surface area (Å²) in [6.07, 6.45) is 6.14. The van der Waals surface area contributed by atoms with Crippen molar-refractivity contribution in [3.05, 3.63) is 18.2 Å². The van der Waals surface area contributed by atoms with Crippen molar-refractivity contribution >= 4 is 23.1 Å². The monoisotopic (exact) mass is 280 g/mol. The molecule has 1 aromatic rings. The molecule has 1 saturated carbocycles. The van der Waals surface area contributed by atoms with Gasteiger partial charge in [-0.2, -0.15) is 11.8 Å². The Morgan fingerprint density at radius 2 is 2.16 bits per heavy atom. The zero-order valence-electron chi connectivity index (χ0n) is 12.0. The molecule has 0 radical (unpaired) electrons. The molecule has 3 N–H and O–H groups in total. The Balaban J connectivity index is 2.01. The van der Waals surface area contributed by atoms with Gasteiger partial charge in [0.25, 0.3) is 0 Å². The van der Waals surface area contributed by atoms with Crippen molar-refractivity contribution in [1.82, 2.24) is 0 Å². The summed E-state index contributed by atoms with van der Waals surface area (Å²) in [6.45, 7) is 4.03. The van der Waals surface area contributed by atoms with Gasteiger partial charge in [0.1, 0.15) is 5.75 Å². The normalized spacial score (nSPS) is 22.7. The van der Waals surface area contributed by atoms with Crippen molar-refractivity contribution in [2.75, 3.05) is 17.3 Å². The smallest absolute Gasteiger partial charge is 0.144 e. The van der Waals surface area contributed by atoms with Gasteiger partial charge in [-0.15, -0.1) is 0 Å². The van der Waals surface area contributed by atoms with E-state index in [-0.39, 0.29) is 6.10 Å². The van der Waals surface area contributed by atoms with Crippen LogP contribution in [0.1, 0.15) is 33.1 Å². The third kappa shape index (κ3) is 3.96. The number of anilines is 2. The molecule has 0 aromatic heterocycles. The molecule has 4 heteroatoms. The number of nitrogens with two attached hydrogens (primary N) is 1. The number of benzene rings is 1. The van der Waals surface area contributed by atoms with Gasteiger partial charge in [0.05, 0.1) is 11.8 Å². The topological polar surface area (TPSA) is 47.3 Å². The fourth-order valence-electron chi connectivity index (χ4n) is 2.50. The average Bonchev–Trinajstić information content (AvgIpc) is 2.80. The molecule has 2 atom stereocenters. The summed E-state index contributed by atoms with van der Waals surface area (Å²) in [5.74, 6) is 0.777. The molecule has 1 aromatic carbocycles. The lowest BCUT2D eigenvalue weighted by molar-refractivity contribution is 0.244. The highest BCUT2D eigenvalue weighted by Crippen LogP contribution is 2.32. The molecule has 1 aliphatic carbocycles. The number of nitrogen functional groups attached to an aromatic ring is 1. The Hall–Kier alpha value is -1.03. The maximum atomic E-state index is 5.93. The first kappa shape index (κ1) is 14.4. The Morgan fingerprint density at radius 1 is 1.37 bits per heavy atom. The van der Waals surface area contributed by atoms with Crippen LogP contribution >= 0.6 is 11.8 Å². The summed E-state index contributed by atoms with van der Waals surface area (Å²) in [6, 6.07) is 6.55. The van der Waals surface area contributed by atoms with Gasteiger partial charge in [-0.3, -0.25) is 0 Å². The lowest BCUT2D eigenvalue weighted by Crippen LogP contribution is -2.16. The molecule has 19 heavy (non-hydrogen) atoms.